The van der Waals surface area contributed by atoms with Crippen LogP contribution in [0.5, 0.6) is 0 Å². The fourth-order valence-electron chi connectivity index (χ4n) is 2.75. The van der Waals surface area contributed by atoms with Gasteiger partial charge in [-0.05, 0) is 39.1 Å². The van der Waals surface area contributed by atoms with Gasteiger partial charge >= 0.3 is 12.1 Å². The Bertz CT molecular complexity index is 559. The standard InChI is InChI=1S/C16H24N2O4S/c1-11(12-6-5-7-23-12)17-16(8-13(19)20)9-18(10-16)14(21)22-15(2,3)4/h5-7,11,17H,8-10H2,1-4H3,(H,19,20)/t11-/m0/s1. The van der Waals surface area contributed by atoms with Crippen LogP contribution in [0.1, 0.15) is 45.0 Å². The molecule has 1 saturated heterocycles. The molecule has 0 unspecified atom stereocenters. The van der Waals surface area contributed by atoms with Gasteiger partial charge in [0.05, 0.1) is 12.0 Å². The van der Waals surface area contributed by atoms with Gasteiger partial charge in [-0.25, -0.2) is 4.79 Å². The van der Waals surface area contributed by atoms with Crippen LogP contribution in [0.3, 0.4) is 0 Å². The lowest BCUT2D eigenvalue weighted by molar-refractivity contribution is -0.141. The highest BCUT2D eigenvalue weighted by molar-refractivity contribution is 7.10. The molecule has 23 heavy (non-hydrogen) atoms. The smallest absolute Gasteiger partial charge is 0.410 e. The zero-order chi connectivity index (χ0) is 17.3. The average molecular weight is 340 g/mol. The molecule has 1 amide bonds. The Kier molecular flexibility index (Phi) is 5.01. The van der Waals surface area contributed by atoms with E-state index in [0.29, 0.717) is 13.1 Å². The van der Waals surface area contributed by atoms with Crippen molar-refractivity contribution in [2.45, 2.75) is 51.3 Å². The molecule has 2 rings (SSSR count). The SMILES string of the molecule is C[C@H](NC1(CC(=O)O)CN(C(=O)OC(C)(C)C)C1)c1cccs1. The van der Waals surface area contributed by atoms with Crippen LogP contribution in [0.15, 0.2) is 17.5 Å². The molecule has 2 N–H and O–H groups in total. The van der Waals surface area contributed by atoms with E-state index in [9.17, 15) is 14.7 Å². The number of hydrogen-bond donors (Lipinski definition) is 2. The van der Waals surface area contributed by atoms with Gasteiger partial charge in [0.2, 0.25) is 0 Å². The van der Waals surface area contributed by atoms with E-state index < -0.39 is 23.2 Å². The molecule has 0 saturated carbocycles. The second kappa shape index (κ2) is 6.49. The predicted molar refractivity (Wildman–Crippen MR) is 88.7 cm³/mol. The molecule has 0 bridgehead atoms. The van der Waals surface area contributed by atoms with E-state index in [0.717, 1.165) is 4.88 Å². The highest BCUT2D eigenvalue weighted by atomic mass is 32.1. The Morgan fingerprint density at radius 2 is 2.13 bits per heavy atom. The first-order valence-electron chi connectivity index (χ1n) is 7.61. The summed E-state index contributed by atoms with van der Waals surface area (Å²) in [4.78, 5) is 26.0. The molecule has 0 spiro atoms. The van der Waals surface area contributed by atoms with Crippen molar-refractivity contribution in [3.8, 4) is 0 Å². The Labute approximate surface area is 140 Å². The number of thiophene rings is 1. The highest BCUT2D eigenvalue weighted by Crippen LogP contribution is 2.31. The number of carbonyl (C=O) groups is 2. The normalized spacial score (nSPS) is 18.2. The maximum atomic E-state index is 12.1. The van der Waals surface area contributed by atoms with Crippen molar-refractivity contribution in [2.75, 3.05) is 13.1 Å². The lowest BCUT2D eigenvalue weighted by Crippen LogP contribution is -2.71. The van der Waals surface area contributed by atoms with Gasteiger partial charge in [-0.15, -0.1) is 11.3 Å². The number of aliphatic carboxylic acids is 1. The Morgan fingerprint density at radius 3 is 2.61 bits per heavy atom. The summed E-state index contributed by atoms with van der Waals surface area (Å²) in [5.41, 5.74) is -1.16. The van der Waals surface area contributed by atoms with E-state index in [-0.39, 0.29) is 12.5 Å². The van der Waals surface area contributed by atoms with Gasteiger partial charge in [0.1, 0.15) is 5.60 Å². The highest BCUT2D eigenvalue weighted by Gasteiger charge is 2.48. The fraction of sp³-hybridized carbons (Fsp3) is 0.625. The van der Waals surface area contributed by atoms with Crippen molar-refractivity contribution in [1.29, 1.82) is 0 Å². The number of carboxylic acid groups (broad SMARTS) is 1. The molecule has 1 aromatic rings. The van der Waals surface area contributed by atoms with E-state index in [1.54, 1.807) is 16.2 Å². The van der Waals surface area contributed by atoms with Crippen LogP contribution >= 0.6 is 11.3 Å². The van der Waals surface area contributed by atoms with Gasteiger partial charge in [-0.2, -0.15) is 0 Å². The minimum atomic E-state index is -0.875. The van der Waals surface area contributed by atoms with E-state index in [1.807, 2.05) is 45.2 Å². The van der Waals surface area contributed by atoms with E-state index >= 15 is 0 Å². The molecule has 0 aliphatic carbocycles. The third-order valence-corrected chi connectivity index (χ3v) is 4.68. The van der Waals surface area contributed by atoms with Gasteiger partial charge in [0.25, 0.3) is 0 Å². The molecule has 1 fully saturated rings. The van der Waals surface area contributed by atoms with Crippen molar-refractivity contribution in [1.82, 2.24) is 10.2 Å². The first-order valence-corrected chi connectivity index (χ1v) is 8.49. The molecule has 0 radical (unpaired) electrons. The van der Waals surface area contributed by atoms with Crippen LogP contribution in [-0.2, 0) is 9.53 Å². The van der Waals surface area contributed by atoms with Gasteiger partial charge in [0.15, 0.2) is 0 Å². The molecule has 1 atom stereocenters. The average Bonchev–Trinajstić information content (AvgIpc) is 2.85. The Balaban J connectivity index is 2.00. The number of nitrogens with one attached hydrogen (secondary N) is 1. The zero-order valence-electron chi connectivity index (χ0n) is 14.0. The van der Waals surface area contributed by atoms with Crippen LogP contribution in [0.25, 0.3) is 0 Å². The number of likely N-dealkylation sites (tertiary alicyclic amines) is 1. The minimum absolute atomic E-state index is 0.0258. The summed E-state index contributed by atoms with van der Waals surface area (Å²) in [5.74, 6) is -0.875. The number of amides is 1. The van der Waals surface area contributed by atoms with Crippen molar-refractivity contribution in [3.63, 3.8) is 0 Å². The number of nitrogens with zero attached hydrogens (tertiary/aromatic N) is 1. The van der Waals surface area contributed by atoms with Gasteiger partial charge < -0.3 is 20.1 Å². The van der Waals surface area contributed by atoms with Crippen molar-refractivity contribution < 1.29 is 19.4 Å². The lowest BCUT2D eigenvalue weighted by Gasteiger charge is -2.50. The third kappa shape index (κ3) is 4.68. The predicted octanol–water partition coefficient (Wildman–Crippen LogP) is 2.86. The summed E-state index contributed by atoms with van der Waals surface area (Å²) in [5, 5.41) is 14.6. The molecule has 1 aromatic heterocycles. The molecular weight excluding hydrogens is 316 g/mol. The summed E-state index contributed by atoms with van der Waals surface area (Å²) in [6.45, 7) is 8.12. The molecule has 1 aliphatic rings. The van der Waals surface area contributed by atoms with Crippen LogP contribution in [0.2, 0.25) is 0 Å². The van der Waals surface area contributed by atoms with Crippen molar-refractivity contribution in [3.05, 3.63) is 22.4 Å². The third-order valence-electron chi connectivity index (χ3n) is 3.62. The van der Waals surface area contributed by atoms with E-state index in [2.05, 4.69) is 5.32 Å². The van der Waals surface area contributed by atoms with Gasteiger partial charge in [0, 0.05) is 24.0 Å². The topological polar surface area (TPSA) is 78.9 Å². The maximum Gasteiger partial charge on any atom is 0.410 e. The Morgan fingerprint density at radius 1 is 1.48 bits per heavy atom. The molecular formula is C16H24N2O4S. The van der Waals surface area contributed by atoms with E-state index in [1.165, 1.54) is 0 Å². The second-order valence-corrected chi connectivity index (χ2v) is 8.05. The van der Waals surface area contributed by atoms with Crippen LogP contribution < -0.4 is 5.32 Å². The molecule has 1 aliphatic heterocycles. The number of carbonyl (C=O) groups excluding carboxylic acids is 1. The number of hydrogen-bond acceptors (Lipinski definition) is 5. The molecule has 128 valence electrons. The summed E-state index contributed by atoms with van der Waals surface area (Å²) in [6.07, 6.45) is -0.425. The number of rotatable bonds is 5. The first-order chi connectivity index (χ1) is 10.6. The van der Waals surface area contributed by atoms with Gasteiger partial charge in [-0.3, -0.25) is 4.79 Å². The fourth-order valence-corrected chi connectivity index (χ4v) is 3.49. The van der Waals surface area contributed by atoms with Crippen LogP contribution in [0.4, 0.5) is 4.79 Å². The second-order valence-electron chi connectivity index (χ2n) is 7.07. The lowest BCUT2D eigenvalue weighted by atomic mass is 9.85. The largest absolute Gasteiger partial charge is 0.481 e. The minimum Gasteiger partial charge on any atom is -0.481 e. The van der Waals surface area contributed by atoms with E-state index in [4.69, 9.17) is 4.74 Å². The van der Waals surface area contributed by atoms with Crippen molar-refractivity contribution >= 4 is 23.4 Å². The van der Waals surface area contributed by atoms with Gasteiger partial charge in [-0.1, -0.05) is 6.07 Å². The molecule has 7 heteroatoms. The number of ether oxygens (including phenoxy) is 1. The van der Waals surface area contributed by atoms with Crippen LogP contribution in [0, 0.1) is 0 Å². The monoisotopic (exact) mass is 340 g/mol. The molecule has 0 aromatic carbocycles. The maximum absolute atomic E-state index is 12.1. The first kappa shape index (κ1) is 17.7. The molecule has 6 nitrogen and oxygen atoms in total. The quantitative estimate of drug-likeness (QED) is 0.862. The summed E-state index contributed by atoms with van der Waals surface area (Å²) in [6, 6.07) is 4.02. The molecule has 2 heterocycles. The van der Waals surface area contributed by atoms with Crippen LogP contribution in [-0.4, -0.2) is 46.3 Å². The number of carboxylic acids is 1. The summed E-state index contributed by atoms with van der Waals surface area (Å²) >= 11 is 1.62. The van der Waals surface area contributed by atoms with Crippen molar-refractivity contribution in [2.24, 2.45) is 0 Å². The summed E-state index contributed by atoms with van der Waals surface area (Å²) in [7, 11) is 0. The zero-order valence-corrected chi connectivity index (χ0v) is 14.8. The summed E-state index contributed by atoms with van der Waals surface area (Å²) < 4.78 is 5.33. The Hall–Kier alpha value is -1.60.